The molecule has 0 fully saturated rings. The maximum Gasteiger partial charge on any atom is 0.242 e. The van der Waals surface area contributed by atoms with Gasteiger partial charge in [-0.25, -0.2) is 0 Å². The van der Waals surface area contributed by atoms with Crippen molar-refractivity contribution in [3.63, 3.8) is 0 Å². The molecule has 24 heavy (non-hydrogen) atoms. The zero-order chi connectivity index (χ0) is 18.0. The van der Waals surface area contributed by atoms with E-state index in [4.69, 9.17) is 27.7 Å². The van der Waals surface area contributed by atoms with Crippen molar-refractivity contribution in [3.05, 3.63) is 50.8 Å². The van der Waals surface area contributed by atoms with Gasteiger partial charge in [0.05, 0.1) is 11.7 Å². The minimum absolute atomic E-state index is 0.147. The van der Waals surface area contributed by atoms with Gasteiger partial charge in [-0.05, 0) is 58.6 Å². The highest BCUT2D eigenvalue weighted by molar-refractivity contribution is 6.34. The van der Waals surface area contributed by atoms with Gasteiger partial charge >= 0.3 is 0 Å². The number of carbonyl (C=O) groups excluding carboxylic acids is 1. The number of hydrogen-bond acceptors (Lipinski definition) is 4. The second-order valence-corrected chi connectivity index (χ2v) is 6.91. The zero-order valence-corrected chi connectivity index (χ0v) is 15.9. The Kier molecular flexibility index (Phi) is 5.91. The Bertz CT molecular complexity index is 704. The highest BCUT2D eigenvalue weighted by atomic mass is 35.5. The smallest absolute Gasteiger partial charge is 0.242 e. The summed E-state index contributed by atoms with van der Waals surface area (Å²) in [6.45, 7) is 5.59. The number of nitrogens with zero attached hydrogens (tertiary/aromatic N) is 2. The number of hydrogen-bond donors (Lipinski definition) is 1. The molecule has 1 amide bonds. The molecule has 0 radical (unpaired) electrons. The van der Waals surface area contributed by atoms with E-state index in [1.807, 2.05) is 39.8 Å². The first-order valence-corrected chi connectivity index (χ1v) is 8.32. The Morgan fingerprint density at radius 2 is 1.79 bits per heavy atom. The van der Waals surface area contributed by atoms with Crippen LogP contribution in [0.15, 0.2) is 22.7 Å². The lowest BCUT2D eigenvalue weighted by Crippen LogP contribution is -2.38. The number of amides is 1. The first-order chi connectivity index (χ1) is 11.2. The van der Waals surface area contributed by atoms with Gasteiger partial charge in [0.1, 0.15) is 11.8 Å². The number of benzene rings is 1. The lowest BCUT2D eigenvalue weighted by molar-refractivity contribution is -0.126. The third-order valence-electron chi connectivity index (χ3n) is 3.85. The molecule has 0 saturated carbocycles. The van der Waals surface area contributed by atoms with E-state index in [9.17, 15) is 4.79 Å². The molecule has 5 nitrogen and oxygen atoms in total. The van der Waals surface area contributed by atoms with E-state index in [1.54, 1.807) is 18.2 Å². The van der Waals surface area contributed by atoms with E-state index in [-0.39, 0.29) is 11.9 Å². The number of nitrogens with one attached hydrogen (secondary N) is 1. The van der Waals surface area contributed by atoms with Gasteiger partial charge < -0.3 is 9.84 Å². The molecule has 1 N–H and O–H groups in total. The molecule has 1 aromatic carbocycles. The topological polar surface area (TPSA) is 58.4 Å². The van der Waals surface area contributed by atoms with Crippen LogP contribution in [0, 0.1) is 13.8 Å². The van der Waals surface area contributed by atoms with Gasteiger partial charge in [0.15, 0.2) is 0 Å². The van der Waals surface area contributed by atoms with Crippen molar-refractivity contribution in [2.45, 2.75) is 32.9 Å². The second-order valence-electron chi connectivity index (χ2n) is 6.04. The van der Waals surface area contributed by atoms with Gasteiger partial charge in [0, 0.05) is 15.6 Å². The fourth-order valence-corrected chi connectivity index (χ4v) is 3.43. The summed E-state index contributed by atoms with van der Waals surface area (Å²) < 4.78 is 5.18. The number of carbonyl (C=O) groups is 1. The van der Waals surface area contributed by atoms with E-state index in [0.717, 1.165) is 16.8 Å². The van der Waals surface area contributed by atoms with Crippen LogP contribution in [-0.4, -0.2) is 30.1 Å². The molecule has 130 valence electrons. The number of rotatable bonds is 5. The minimum atomic E-state index is -0.510. The van der Waals surface area contributed by atoms with Crippen LogP contribution in [-0.2, 0) is 4.79 Å². The predicted molar refractivity (Wildman–Crippen MR) is 95.4 cm³/mol. The zero-order valence-electron chi connectivity index (χ0n) is 14.4. The summed E-state index contributed by atoms with van der Waals surface area (Å²) in [6, 6.07) is 4.41. The van der Waals surface area contributed by atoms with Crippen LogP contribution in [0.5, 0.6) is 0 Å². The summed E-state index contributed by atoms with van der Waals surface area (Å²) in [5.41, 5.74) is 2.40. The van der Waals surface area contributed by atoms with Crippen molar-refractivity contribution < 1.29 is 9.32 Å². The minimum Gasteiger partial charge on any atom is -0.361 e. The van der Waals surface area contributed by atoms with Gasteiger partial charge in [-0.1, -0.05) is 28.4 Å². The van der Waals surface area contributed by atoms with Gasteiger partial charge in [-0.15, -0.1) is 0 Å². The average Bonchev–Trinajstić information content (AvgIpc) is 2.76. The van der Waals surface area contributed by atoms with Crippen molar-refractivity contribution in [1.82, 2.24) is 15.4 Å². The Morgan fingerprint density at radius 3 is 2.25 bits per heavy atom. The van der Waals surface area contributed by atoms with Crippen LogP contribution < -0.4 is 5.32 Å². The Morgan fingerprint density at radius 1 is 1.21 bits per heavy atom. The molecule has 2 atom stereocenters. The summed E-state index contributed by atoms with van der Waals surface area (Å²) in [6.07, 6.45) is 0. The Hall–Kier alpha value is -1.56. The Balaban J connectivity index is 2.27. The molecule has 0 aliphatic rings. The maximum absolute atomic E-state index is 12.8. The first kappa shape index (κ1) is 18.8. The third kappa shape index (κ3) is 4.09. The molecule has 7 heteroatoms. The summed E-state index contributed by atoms with van der Waals surface area (Å²) in [4.78, 5) is 14.7. The van der Waals surface area contributed by atoms with Crippen molar-refractivity contribution in [3.8, 4) is 0 Å². The van der Waals surface area contributed by atoms with E-state index in [1.165, 1.54) is 0 Å². The van der Waals surface area contributed by atoms with Gasteiger partial charge in [-0.3, -0.25) is 9.69 Å². The lowest BCUT2D eigenvalue weighted by atomic mass is 10.0. The lowest BCUT2D eigenvalue weighted by Gasteiger charge is -2.26. The number of aromatic nitrogens is 1. The second kappa shape index (κ2) is 7.55. The van der Waals surface area contributed by atoms with Crippen molar-refractivity contribution in [1.29, 1.82) is 0 Å². The summed E-state index contributed by atoms with van der Waals surface area (Å²) in [5, 5.41) is 7.94. The summed E-state index contributed by atoms with van der Waals surface area (Å²) >= 11 is 12.2. The molecule has 0 spiro atoms. The molecular formula is C17H21Cl2N3O2. The Labute approximate surface area is 151 Å². The average molecular weight is 370 g/mol. The van der Waals surface area contributed by atoms with Crippen LogP contribution in [0.2, 0.25) is 10.0 Å². The highest BCUT2D eigenvalue weighted by Crippen LogP contribution is 2.28. The standard InChI is InChI=1S/C17H21Cl2N3O2/c1-9(15-10(2)21-24-11(15)3)20-17(23)16(22(4)5)12-6-13(18)8-14(19)7-12/h6-9,16H,1-5H3,(H,20,23). The van der Waals surface area contributed by atoms with Crippen LogP contribution in [0.25, 0.3) is 0 Å². The van der Waals surface area contributed by atoms with E-state index < -0.39 is 6.04 Å². The van der Waals surface area contributed by atoms with Crippen LogP contribution >= 0.6 is 23.2 Å². The fraction of sp³-hybridized carbons (Fsp3) is 0.412. The maximum atomic E-state index is 12.8. The summed E-state index contributed by atoms with van der Waals surface area (Å²) in [5.74, 6) is 0.554. The fourth-order valence-electron chi connectivity index (χ4n) is 2.89. The third-order valence-corrected chi connectivity index (χ3v) is 4.28. The monoisotopic (exact) mass is 369 g/mol. The van der Waals surface area contributed by atoms with E-state index in [0.29, 0.717) is 15.8 Å². The molecule has 0 aliphatic heterocycles. The molecule has 2 aromatic rings. The molecule has 1 heterocycles. The number of aryl methyl sites for hydroxylation is 2. The number of likely N-dealkylation sites (N-methyl/N-ethyl adjacent to an activating group) is 1. The van der Waals surface area contributed by atoms with Gasteiger partial charge in [-0.2, -0.15) is 0 Å². The molecule has 0 bridgehead atoms. The molecule has 2 unspecified atom stereocenters. The molecule has 1 aromatic heterocycles. The molecule has 0 aliphatic carbocycles. The largest absolute Gasteiger partial charge is 0.361 e. The van der Waals surface area contributed by atoms with Crippen molar-refractivity contribution in [2.75, 3.05) is 14.1 Å². The van der Waals surface area contributed by atoms with E-state index in [2.05, 4.69) is 10.5 Å². The van der Waals surface area contributed by atoms with Crippen LogP contribution in [0.3, 0.4) is 0 Å². The predicted octanol–water partition coefficient (Wildman–Crippen LogP) is 4.08. The van der Waals surface area contributed by atoms with Gasteiger partial charge in [0.2, 0.25) is 5.91 Å². The molecular weight excluding hydrogens is 349 g/mol. The highest BCUT2D eigenvalue weighted by Gasteiger charge is 2.27. The van der Waals surface area contributed by atoms with Crippen molar-refractivity contribution >= 4 is 29.1 Å². The summed E-state index contributed by atoms with van der Waals surface area (Å²) in [7, 11) is 3.67. The molecule has 0 saturated heterocycles. The quantitative estimate of drug-likeness (QED) is 0.862. The van der Waals surface area contributed by atoms with Crippen LogP contribution in [0.1, 0.15) is 41.6 Å². The normalized spacial score (nSPS) is 13.8. The first-order valence-electron chi connectivity index (χ1n) is 7.56. The van der Waals surface area contributed by atoms with Gasteiger partial charge in [0.25, 0.3) is 0 Å². The van der Waals surface area contributed by atoms with Crippen LogP contribution in [0.4, 0.5) is 0 Å². The van der Waals surface area contributed by atoms with E-state index >= 15 is 0 Å². The van der Waals surface area contributed by atoms with Crippen molar-refractivity contribution in [2.24, 2.45) is 0 Å². The molecule has 2 rings (SSSR count). The SMILES string of the molecule is Cc1noc(C)c1C(C)NC(=O)C(c1cc(Cl)cc(Cl)c1)N(C)C. The number of halogens is 2.